The Labute approximate surface area is 90.0 Å². The van der Waals surface area contributed by atoms with Crippen LogP contribution >= 0.6 is 0 Å². The van der Waals surface area contributed by atoms with E-state index >= 15 is 0 Å². The van der Waals surface area contributed by atoms with Crippen molar-refractivity contribution in [1.29, 1.82) is 0 Å². The van der Waals surface area contributed by atoms with Crippen molar-refractivity contribution in [3.63, 3.8) is 0 Å². The van der Waals surface area contributed by atoms with Gasteiger partial charge in [-0.2, -0.15) is 0 Å². The normalized spacial score (nSPS) is 19.9. The van der Waals surface area contributed by atoms with Gasteiger partial charge in [-0.15, -0.1) is 0 Å². The van der Waals surface area contributed by atoms with Crippen LogP contribution in [0.3, 0.4) is 0 Å². The van der Waals surface area contributed by atoms with Crippen LogP contribution < -0.4 is 4.74 Å². The van der Waals surface area contributed by atoms with Crippen molar-refractivity contribution in [3.05, 3.63) is 29.8 Å². The predicted octanol–water partition coefficient (Wildman–Crippen LogP) is 2.30. The summed E-state index contributed by atoms with van der Waals surface area (Å²) in [6, 6.07) is 7.80. The second kappa shape index (κ2) is 4.21. The molecule has 1 fully saturated rings. The van der Waals surface area contributed by atoms with Gasteiger partial charge in [0, 0.05) is 5.56 Å². The van der Waals surface area contributed by atoms with E-state index in [0.717, 1.165) is 30.9 Å². The third-order valence-electron chi connectivity index (χ3n) is 2.64. The predicted molar refractivity (Wildman–Crippen MR) is 56.9 cm³/mol. The first kappa shape index (κ1) is 10.5. The fourth-order valence-corrected chi connectivity index (χ4v) is 1.71. The van der Waals surface area contributed by atoms with Crippen LogP contribution in [0.4, 0.5) is 0 Å². The van der Waals surface area contributed by atoms with Crippen molar-refractivity contribution in [2.24, 2.45) is 0 Å². The Balaban J connectivity index is 2.26. The summed E-state index contributed by atoms with van der Waals surface area (Å²) in [7, 11) is 1.66. The van der Waals surface area contributed by atoms with Crippen molar-refractivity contribution in [2.75, 3.05) is 20.3 Å². The number of ether oxygens (including phenoxy) is 3. The van der Waals surface area contributed by atoms with E-state index in [1.54, 1.807) is 7.11 Å². The molecule has 0 bridgehead atoms. The summed E-state index contributed by atoms with van der Waals surface area (Å²) in [5, 5.41) is 0. The maximum atomic E-state index is 5.67. The van der Waals surface area contributed by atoms with Crippen LogP contribution in [-0.2, 0) is 15.3 Å². The van der Waals surface area contributed by atoms with E-state index in [-0.39, 0.29) is 0 Å². The van der Waals surface area contributed by atoms with E-state index in [9.17, 15) is 0 Å². The molecule has 1 aliphatic heterocycles. The van der Waals surface area contributed by atoms with Gasteiger partial charge in [0.05, 0.1) is 20.3 Å². The molecule has 1 heterocycles. The lowest BCUT2D eigenvalue weighted by atomic mass is 10.1. The van der Waals surface area contributed by atoms with Crippen LogP contribution in [0.1, 0.15) is 18.9 Å². The zero-order chi connectivity index (χ0) is 10.7. The molecule has 0 saturated carbocycles. The average Bonchev–Trinajstić information content (AvgIpc) is 2.30. The number of hydrogen-bond acceptors (Lipinski definition) is 3. The highest BCUT2D eigenvalue weighted by Gasteiger charge is 2.31. The van der Waals surface area contributed by atoms with Gasteiger partial charge in [-0.05, 0) is 25.5 Å². The minimum Gasteiger partial charge on any atom is -0.497 e. The molecule has 1 aliphatic rings. The molecule has 1 aromatic carbocycles. The van der Waals surface area contributed by atoms with Crippen LogP contribution in [0.5, 0.6) is 5.75 Å². The second-order valence-electron chi connectivity index (χ2n) is 3.73. The van der Waals surface area contributed by atoms with E-state index in [4.69, 9.17) is 14.2 Å². The van der Waals surface area contributed by atoms with Crippen LogP contribution in [-0.4, -0.2) is 20.3 Å². The largest absolute Gasteiger partial charge is 0.497 e. The first-order chi connectivity index (χ1) is 7.24. The fraction of sp³-hybridized carbons (Fsp3) is 0.500. The maximum Gasteiger partial charge on any atom is 0.192 e. The van der Waals surface area contributed by atoms with E-state index in [1.807, 2.05) is 31.2 Å². The summed E-state index contributed by atoms with van der Waals surface area (Å²) in [4.78, 5) is 0. The Bertz CT molecular complexity index is 329. The molecule has 0 atom stereocenters. The van der Waals surface area contributed by atoms with Gasteiger partial charge < -0.3 is 14.2 Å². The van der Waals surface area contributed by atoms with Gasteiger partial charge in [0.2, 0.25) is 0 Å². The van der Waals surface area contributed by atoms with Crippen LogP contribution in [0.15, 0.2) is 24.3 Å². The van der Waals surface area contributed by atoms with Crippen LogP contribution in [0.25, 0.3) is 0 Å². The topological polar surface area (TPSA) is 27.7 Å². The van der Waals surface area contributed by atoms with Crippen LogP contribution in [0, 0.1) is 0 Å². The molecule has 0 unspecified atom stereocenters. The summed E-state index contributed by atoms with van der Waals surface area (Å²) in [6.45, 7) is 3.43. The molecule has 0 spiro atoms. The third-order valence-corrected chi connectivity index (χ3v) is 2.64. The minimum absolute atomic E-state index is 0.618. The standard InChI is InChI=1S/C12H16O3/c1-12(14-7-4-8-15-12)10-5-3-6-11(9-10)13-2/h3,5-6,9H,4,7-8H2,1-2H3. The van der Waals surface area contributed by atoms with Gasteiger partial charge in [0.1, 0.15) is 5.75 Å². The fourth-order valence-electron chi connectivity index (χ4n) is 1.71. The average molecular weight is 208 g/mol. The quantitative estimate of drug-likeness (QED) is 0.746. The summed E-state index contributed by atoms with van der Waals surface area (Å²) >= 11 is 0. The molecule has 3 nitrogen and oxygen atoms in total. The highest BCUT2D eigenvalue weighted by Crippen LogP contribution is 2.31. The summed E-state index contributed by atoms with van der Waals surface area (Å²) < 4.78 is 16.5. The molecule has 0 amide bonds. The van der Waals surface area contributed by atoms with Gasteiger partial charge in [-0.1, -0.05) is 12.1 Å². The Morgan fingerprint density at radius 1 is 1.27 bits per heavy atom. The monoisotopic (exact) mass is 208 g/mol. The van der Waals surface area contributed by atoms with Crippen LogP contribution in [0.2, 0.25) is 0 Å². The third kappa shape index (κ3) is 2.13. The van der Waals surface area contributed by atoms with E-state index in [1.165, 1.54) is 0 Å². The summed E-state index contributed by atoms with van der Waals surface area (Å²) in [5.41, 5.74) is 1.00. The zero-order valence-corrected chi connectivity index (χ0v) is 9.16. The number of hydrogen-bond donors (Lipinski definition) is 0. The molecule has 3 heteroatoms. The molecule has 0 aromatic heterocycles. The Kier molecular flexibility index (Phi) is 2.93. The van der Waals surface area contributed by atoms with Crippen molar-refractivity contribution in [2.45, 2.75) is 19.1 Å². The van der Waals surface area contributed by atoms with Gasteiger partial charge >= 0.3 is 0 Å². The lowest BCUT2D eigenvalue weighted by Crippen LogP contribution is -2.34. The van der Waals surface area contributed by atoms with Crippen molar-refractivity contribution >= 4 is 0 Å². The van der Waals surface area contributed by atoms with Gasteiger partial charge in [0.25, 0.3) is 0 Å². The molecule has 1 saturated heterocycles. The lowest BCUT2D eigenvalue weighted by Gasteiger charge is -2.34. The van der Waals surface area contributed by atoms with Crippen molar-refractivity contribution in [3.8, 4) is 5.75 Å². The van der Waals surface area contributed by atoms with Gasteiger partial charge in [0.15, 0.2) is 5.79 Å². The number of methoxy groups -OCH3 is 1. The molecule has 0 N–H and O–H groups in total. The lowest BCUT2D eigenvalue weighted by molar-refractivity contribution is -0.264. The molecule has 82 valence electrons. The Hall–Kier alpha value is -1.06. The summed E-state index contributed by atoms with van der Waals surface area (Å²) in [5.74, 6) is 0.207. The highest BCUT2D eigenvalue weighted by atomic mass is 16.7. The summed E-state index contributed by atoms with van der Waals surface area (Å²) in [6.07, 6.45) is 0.958. The Morgan fingerprint density at radius 3 is 2.67 bits per heavy atom. The maximum absolute atomic E-state index is 5.67. The number of benzene rings is 1. The van der Waals surface area contributed by atoms with Gasteiger partial charge in [-0.25, -0.2) is 0 Å². The molecule has 15 heavy (non-hydrogen) atoms. The molecule has 0 radical (unpaired) electrons. The molecular formula is C12H16O3. The number of rotatable bonds is 2. The smallest absolute Gasteiger partial charge is 0.192 e. The van der Waals surface area contributed by atoms with Gasteiger partial charge in [-0.3, -0.25) is 0 Å². The van der Waals surface area contributed by atoms with E-state index < -0.39 is 5.79 Å². The molecular weight excluding hydrogens is 192 g/mol. The Morgan fingerprint density at radius 2 is 2.00 bits per heavy atom. The SMILES string of the molecule is COc1cccc(C2(C)OCCCO2)c1. The highest BCUT2D eigenvalue weighted by molar-refractivity contribution is 5.31. The minimum atomic E-state index is -0.618. The molecule has 0 aliphatic carbocycles. The van der Waals surface area contributed by atoms with Crippen molar-refractivity contribution in [1.82, 2.24) is 0 Å². The molecule has 1 aromatic rings. The zero-order valence-electron chi connectivity index (χ0n) is 9.16. The van der Waals surface area contributed by atoms with E-state index in [0.29, 0.717) is 0 Å². The molecule has 2 rings (SSSR count). The van der Waals surface area contributed by atoms with E-state index in [2.05, 4.69) is 0 Å². The first-order valence-electron chi connectivity index (χ1n) is 5.17. The second-order valence-corrected chi connectivity index (χ2v) is 3.73. The van der Waals surface area contributed by atoms with Crippen molar-refractivity contribution < 1.29 is 14.2 Å². The first-order valence-corrected chi connectivity index (χ1v) is 5.17.